The minimum Gasteiger partial charge on any atom is -0.247 e. The summed E-state index contributed by atoms with van der Waals surface area (Å²) in [6, 6.07) is 16.8. The molecule has 0 bridgehead atoms. The smallest absolute Gasteiger partial charge is 0.141 e. The highest BCUT2D eigenvalue weighted by molar-refractivity contribution is 5.91. The van der Waals surface area contributed by atoms with Gasteiger partial charge >= 0.3 is 0 Å². The van der Waals surface area contributed by atoms with Crippen molar-refractivity contribution in [3.63, 3.8) is 0 Å². The predicted octanol–water partition coefficient (Wildman–Crippen LogP) is 7.15. The lowest BCUT2D eigenvalue weighted by Gasteiger charge is -2.29. The van der Waals surface area contributed by atoms with Crippen LogP contribution in [0.3, 0.4) is 0 Å². The van der Waals surface area contributed by atoms with Gasteiger partial charge in [-0.05, 0) is 70.0 Å². The van der Waals surface area contributed by atoms with E-state index in [1.807, 2.05) is 24.3 Å². The Bertz CT molecular complexity index is 1080. The molecule has 0 radical (unpaired) electrons. The number of hydrogen-bond donors (Lipinski definition) is 0. The molecule has 0 saturated heterocycles. The zero-order chi connectivity index (χ0) is 20.4. The van der Waals surface area contributed by atoms with Gasteiger partial charge in [0, 0.05) is 6.42 Å². The summed E-state index contributed by atoms with van der Waals surface area (Å²) in [5, 5.41) is 11.1. The van der Waals surface area contributed by atoms with E-state index in [2.05, 4.69) is 19.1 Å². The SMILES string of the molecule is CCCCC[C@@H]1Cc2ccc3cc(-c4ccc(C#N)c(F)c4)ccc3c2C[C@H]1F. The van der Waals surface area contributed by atoms with E-state index < -0.39 is 12.0 Å². The summed E-state index contributed by atoms with van der Waals surface area (Å²) >= 11 is 0. The fourth-order valence-electron chi connectivity index (χ4n) is 4.55. The number of nitrogens with zero attached hydrogens (tertiary/aromatic N) is 1. The molecule has 0 fully saturated rings. The molecule has 1 aliphatic carbocycles. The molecule has 3 aromatic rings. The molecule has 3 aromatic carbocycles. The van der Waals surface area contributed by atoms with Crippen LogP contribution in [0.15, 0.2) is 48.5 Å². The van der Waals surface area contributed by atoms with Crippen molar-refractivity contribution in [2.75, 3.05) is 0 Å². The molecule has 0 N–H and O–H groups in total. The lowest BCUT2D eigenvalue weighted by atomic mass is 9.78. The molecule has 0 aromatic heterocycles. The largest absolute Gasteiger partial charge is 0.247 e. The van der Waals surface area contributed by atoms with Crippen molar-refractivity contribution < 1.29 is 8.78 Å². The second-order valence-corrected chi connectivity index (χ2v) is 8.13. The van der Waals surface area contributed by atoms with Gasteiger partial charge in [-0.15, -0.1) is 0 Å². The summed E-state index contributed by atoms with van der Waals surface area (Å²) in [6.07, 6.45) is 4.93. The van der Waals surface area contributed by atoms with E-state index in [0.717, 1.165) is 53.1 Å². The maximum atomic E-state index is 14.9. The summed E-state index contributed by atoms with van der Waals surface area (Å²) in [5.41, 5.74) is 4.07. The first-order valence-electron chi connectivity index (χ1n) is 10.5. The Kier molecular flexibility index (Phi) is 5.62. The molecule has 4 rings (SSSR count). The van der Waals surface area contributed by atoms with Crippen LogP contribution in [0.1, 0.15) is 49.3 Å². The summed E-state index contributed by atoms with van der Waals surface area (Å²) in [6.45, 7) is 2.18. The third-order valence-corrected chi connectivity index (χ3v) is 6.22. The average Bonchev–Trinajstić information content (AvgIpc) is 2.74. The number of hydrogen-bond acceptors (Lipinski definition) is 1. The van der Waals surface area contributed by atoms with Crippen molar-refractivity contribution >= 4 is 10.8 Å². The van der Waals surface area contributed by atoms with Crippen molar-refractivity contribution in [3.8, 4) is 17.2 Å². The second-order valence-electron chi connectivity index (χ2n) is 8.13. The van der Waals surface area contributed by atoms with Crippen LogP contribution in [-0.4, -0.2) is 6.17 Å². The van der Waals surface area contributed by atoms with Crippen LogP contribution in [0.4, 0.5) is 8.78 Å². The Labute approximate surface area is 171 Å². The Hall–Kier alpha value is -2.73. The van der Waals surface area contributed by atoms with Crippen molar-refractivity contribution in [2.45, 2.75) is 51.6 Å². The number of rotatable bonds is 5. The highest BCUT2D eigenvalue weighted by atomic mass is 19.1. The molecular weight excluding hydrogens is 364 g/mol. The molecule has 0 heterocycles. The number of nitriles is 1. The van der Waals surface area contributed by atoms with E-state index in [-0.39, 0.29) is 11.5 Å². The first kappa shape index (κ1) is 19.6. The van der Waals surface area contributed by atoms with Gasteiger partial charge in [0.05, 0.1) is 5.56 Å². The molecule has 1 aliphatic rings. The van der Waals surface area contributed by atoms with Crippen molar-refractivity contribution in [2.24, 2.45) is 5.92 Å². The predicted molar refractivity (Wildman–Crippen MR) is 114 cm³/mol. The first-order valence-corrected chi connectivity index (χ1v) is 10.5. The zero-order valence-corrected chi connectivity index (χ0v) is 16.7. The van der Waals surface area contributed by atoms with E-state index >= 15 is 0 Å². The lowest BCUT2D eigenvalue weighted by Crippen LogP contribution is -2.27. The Morgan fingerprint density at radius 3 is 2.55 bits per heavy atom. The fourth-order valence-corrected chi connectivity index (χ4v) is 4.55. The molecule has 0 amide bonds. The van der Waals surface area contributed by atoms with E-state index in [9.17, 15) is 8.78 Å². The average molecular weight is 389 g/mol. The van der Waals surface area contributed by atoms with Gasteiger partial charge in [0.2, 0.25) is 0 Å². The maximum Gasteiger partial charge on any atom is 0.141 e. The first-order chi connectivity index (χ1) is 14.1. The Morgan fingerprint density at radius 2 is 1.79 bits per heavy atom. The molecular formula is C26H25F2N. The van der Waals surface area contributed by atoms with Crippen molar-refractivity contribution in [3.05, 3.63) is 71.0 Å². The summed E-state index contributed by atoms with van der Waals surface area (Å²) in [5.74, 6) is -0.377. The summed E-state index contributed by atoms with van der Waals surface area (Å²) in [4.78, 5) is 0. The number of fused-ring (bicyclic) bond motifs is 3. The molecule has 0 unspecified atom stereocenters. The van der Waals surface area contributed by atoms with Crippen molar-refractivity contribution in [1.82, 2.24) is 0 Å². The van der Waals surface area contributed by atoms with Crippen LogP contribution < -0.4 is 0 Å². The van der Waals surface area contributed by atoms with Gasteiger partial charge < -0.3 is 0 Å². The van der Waals surface area contributed by atoms with E-state index in [1.54, 1.807) is 6.07 Å². The van der Waals surface area contributed by atoms with Gasteiger partial charge in [-0.2, -0.15) is 5.26 Å². The highest BCUT2D eigenvalue weighted by Crippen LogP contribution is 2.36. The molecule has 0 saturated carbocycles. The quantitative estimate of drug-likeness (QED) is 0.425. The normalized spacial score (nSPS) is 18.4. The van der Waals surface area contributed by atoms with Crippen LogP contribution in [0.25, 0.3) is 21.9 Å². The van der Waals surface area contributed by atoms with Crippen LogP contribution >= 0.6 is 0 Å². The zero-order valence-electron chi connectivity index (χ0n) is 16.7. The second kappa shape index (κ2) is 8.33. The van der Waals surface area contributed by atoms with Gasteiger partial charge in [0.1, 0.15) is 18.1 Å². The summed E-state index contributed by atoms with van der Waals surface area (Å²) in [7, 11) is 0. The lowest BCUT2D eigenvalue weighted by molar-refractivity contribution is 0.199. The van der Waals surface area contributed by atoms with Crippen molar-refractivity contribution in [1.29, 1.82) is 5.26 Å². The Balaban J connectivity index is 1.65. The van der Waals surface area contributed by atoms with Gasteiger partial charge in [-0.3, -0.25) is 0 Å². The molecule has 1 nitrogen and oxygen atoms in total. The topological polar surface area (TPSA) is 23.8 Å². The highest BCUT2D eigenvalue weighted by Gasteiger charge is 2.29. The van der Waals surface area contributed by atoms with Crippen LogP contribution in [0.5, 0.6) is 0 Å². The van der Waals surface area contributed by atoms with Crippen LogP contribution in [-0.2, 0) is 12.8 Å². The molecule has 0 spiro atoms. The standard InChI is InChI=1S/C26H25F2N/c1-2-3-4-5-21-13-20-8-7-19-12-17(10-11-23(19)24(20)15-26(21)28)18-6-9-22(16-29)25(27)14-18/h6-12,14,21,26H,2-5,13,15H2,1H3/t21-,26-/m1/s1. The van der Waals surface area contributed by atoms with Gasteiger partial charge in [0.15, 0.2) is 0 Å². The van der Waals surface area contributed by atoms with E-state index in [1.165, 1.54) is 24.1 Å². The molecule has 29 heavy (non-hydrogen) atoms. The third kappa shape index (κ3) is 3.90. The molecule has 3 heteroatoms. The molecule has 148 valence electrons. The maximum absolute atomic E-state index is 14.9. The summed E-state index contributed by atoms with van der Waals surface area (Å²) < 4.78 is 28.9. The minimum absolute atomic E-state index is 0.0473. The third-order valence-electron chi connectivity index (χ3n) is 6.22. The number of alkyl halides is 1. The number of benzene rings is 3. The fraction of sp³-hybridized carbons (Fsp3) is 0.346. The Morgan fingerprint density at radius 1 is 1.00 bits per heavy atom. The van der Waals surface area contributed by atoms with E-state index in [4.69, 9.17) is 5.26 Å². The van der Waals surface area contributed by atoms with Crippen LogP contribution in [0.2, 0.25) is 0 Å². The number of unbranched alkanes of at least 4 members (excludes halogenated alkanes) is 2. The van der Waals surface area contributed by atoms with Gasteiger partial charge in [-0.1, -0.05) is 56.5 Å². The minimum atomic E-state index is -0.780. The van der Waals surface area contributed by atoms with E-state index in [0.29, 0.717) is 6.42 Å². The molecule has 2 atom stereocenters. The van der Waals surface area contributed by atoms with Gasteiger partial charge in [0.25, 0.3) is 0 Å². The van der Waals surface area contributed by atoms with Crippen LogP contribution in [0, 0.1) is 23.1 Å². The monoisotopic (exact) mass is 389 g/mol. The molecule has 0 aliphatic heterocycles. The number of halogens is 2. The van der Waals surface area contributed by atoms with Gasteiger partial charge in [-0.25, -0.2) is 8.78 Å².